The van der Waals surface area contributed by atoms with Crippen molar-refractivity contribution >= 4 is 23.5 Å². The summed E-state index contributed by atoms with van der Waals surface area (Å²) in [5.74, 6) is 1.55. The maximum Gasteiger partial charge on any atom is 0.226 e. The van der Waals surface area contributed by atoms with Crippen molar-refractivity contribution in [1.82, 2.24) is 25.4 Å². The van der Waals surface area contributed by atoms with Crippen molar-refractivity contribution in [3.8, 4) is 0 Å². The molecule has 0 saturated heterocycles. The zero-order valence-corrected chi connectivity index (χ0v) is 13.3. The SMILES string of the molecule is Cc1cc(NC(=O)CCSc2nnnn2C(C)(C)C)no1. The van der Waals surface area contributed by atoms with E-state index < -0.39 is 0 Å². The Morgan fingerprint density at radius 2 is 2.24 bits per heavy atom. The van der Waals surface area contributed by atoms with Gasteiger partial charge in [0.15, 0.2) is 5.82 Å². The third-order valence-corrected chi connectivity index (χ3v) is 3.45. The molecule has 114 valence electrons. The molecule has 0 bridgehead atoms. The number of carbonyl (C=O) groups is 1. The van der Waals surface area contributed by atoms with Crippen molar-refractivity contribution in [2.75, 3.05) is 11.1 Å². The van der Waals surface area contributed by atoms with Crippen molar-refractivity contribution in [1.29, 1.82) is 0 Å². The van der Waals surface area contributed by atoms with Crippen LogP contribution in [0, 0.1) is 6.92 Å². The molecule has 0 aliphatic heterocycles. The lowest BCUT2D eigenvalue weighted by Gasteiger charge is -2.19. The first kappa shape index (κ1) is 15.5. The Kier molecular flexibility index (Phi) is 4.61. The largest absolute Gasteiger partial charge is 0.360 e. The minimum absolute atomic E-state index is 0.120. The van der Waals surface area contributed by atoms with Crippen molar-refractivity contribution < 1.29 is 9.32 Å². The predicted octanol–water partition coefficient (Wildman–Crippen LogP) is 1.85. The second-order valence-corrected chi connectivity index (χ2v) is 6.58. The fourth-order valence-electron chi connectivity index (χ4n) is 1.56. The topological polar surface area (TPSA) is 98.7 Å². The summed E-state index contributed by atoms with van der Waals surface area (Å²) < 4.78 is 6.63. The summed E-state index contributed by atoms with van der Waals surface area (Å²) >= 11 is 1.45. The van der Waals surface area contributed by atoms with E-state index in [4.69, 9.17) is 4.52 Å². The van der Waals surface area contributed by atoms with E-state index in [1.807, 2.05) is 20.8 Å². The predicted molar refractivity (Wildman–Crippen MR) is 78.0 cm³/mol. The van der Waals surface area contributed by atoms with Gasteiger partial charge in [0.25, 0.3) is 0 Å². The van der Waals surface area contributed by atoms with Crippen LogP contribution in [0.25, 0.3) is 0 Å². The number of rotatable bonds is 5. The highest BCUT2D eigenvalue weighted by atomic mass is 32.2. The van der Waals surface area contributed by atoms with Gasteiger partial charge in [-0.3, -0.25) is 4.79 Å². The van der Waals surface area contributed by atoms with Gasteiger partial charge in [0.05, 0.1) is 5.54 Å². The highest BCUT2D eigenvalue weighted by molar-refractivity contribution is 7.99. The smallest absolute Gasteiger partial charge is 0.226 e. The third kappa shape index (κ3) is 4.28. The van der Waals surface area contributed by atoms with Crippen LogP contribution in [0.1, 0.15) is 33.0 Å². The molecule has 0 aliphatic carbocycles. The maximum atomic E-state index is 11.8. The molecule has 0 atom stereocenters. The van der Waals surface area contributed by atoms with Gasteiger partial charge in [0.2, 0.25) is 11.1 Å². The van der Waals surface area contributed by atoms with E-state index in [1.54, 1.807) is 17.7 Å². The Morgan fingerprint density at radius 3 is 2.86 bits per heavy atom. The van der Waals surface area contributed by atoms with Crippen LogP contribution < -0.4 is 5.32 Å². The molecule has 0 unspecified atom stereocenters. The van der Waals surface area contributed by atoms with Gasteiger partial charge in [-0.25, -0.2) is 4.68 Å². The van der Waals surface area contributed by atoms with Gasteiger partial charge >= 0.3 is 0 Å². The first-order valence-corrected chi connectivity index (χ1v) is 7.49. The molecule has 0 aliphatic rings. The third-order valence-electron chi connectivity index (χ3n) is 2.53. The summed E-state index contributed by atoms with van der Waals surface area (Å²) in [4.78, 5) is 11.8. The van der Waals surface area contributed by atoms with Crippen LogP contribution >= 0.6 is 11.8 Å². The van der Waals surface area contributed by atoms with Crippen LogP contribution in [0.15, 0.2) is 15.7 Å². The van der Waals surface area contributed by atoms with E-state index in [0.717, 1.165) is 0 Å². The van der Waals surface area contributed by atoms with E-state index in [9.17, 15) is 4.79 Å². The van der Waals surface area contributed by atoms with Gasteiger partial charge in [-0.15, -0.1) is 5.10 Å². The minimum atomic E-state index is -0.188. The van der Waals surface area contributed by atoms with Crippen molar-refractivity contribution in [3.63, 3.8) is 0 Å². The van der Waals surface area contributed by atoms with Gasteiger partial charge in [-0.05, 0) is 38.1 Å². The van der Waals surface area contributed by atoms with Gasteiger partial charge < -0.3 is 9.84 Å². The molecule has 2 rings (SSSR count). The lowest BCUT2D eigenvalue weighted by atomic mass is 10.1. The summed E-state index contributed by atoms with van der Waals surface area (Å²) in [6.45, 7) is 7.83. The molecule has 0 aromatic carbocycles. The number of tetrazole rings is 1. The molecule has 2 heterocycles. The van der Waals surface area contributed by atoms with Crippen LogP contribution in [0.5, 0.6) is 0 Å². The summed E-state index contributed by atoms with van der Waals surface area (Å²) in [7, 11) is 0. The van der Waals surface area contributed by atoms with Crippen LogP contribution in [0.3, 0.4) is 0 Å². The summed E-state index contributed by atoms with van der Waals surface area (Å²) in [5, 5.41) is 18.7. The highest BCUT2D eigenvalue weighted by Crippen LogP contribution is 2.21. The lowest BCUT2D eigenvalue weighted by Crippen LogP contribution is -2.24. The molecule has 0 spiro atoms. The normalized spacial score (nSPS) is 11.6. The van der Waals surface area contributed by atoms with Gasteiger partial charge in [-0.2, -0.15) is 0 Å². The monoisotopic (exact) mass is 310 g/mol. The first-order chi connectivity index (χ1) is 9.86. The Hall–Kier alpha value is -1.90. The average Bonchev–Trinajstić information content (AvgIpc) is 2.98. The maximum absolute atomic E-state index is 11.8. The molecule has 0 radical (unpaired) electrons. The second kappa shape index (κ2) is 6.25. The van der Waals surface area contributed by atoms with E-state index in [1.165, 1.54) is 11.8 Å². The molecule has 1 N–H and O–H groups in total. The van der Waals surface area contributed by atoms with E-state index in [-0.39, 0.29) is 11.4 Å². The number of aryl methyl sites for hydroxylation is 1. The summed E-state index contributed by atoms with van der Waals surface area (Å²) in [6, 6.07) is 1.67. The number of nitrogens with zero attached hydrogens (tertiary/aromatic N) is 5. The highest BCUT2D eigenvalue weighted by Gasteiger charge is 2.20. The molecule has 1 amide bonds. The number of hydrogen-bond donors (Lipinski definition) is 1. The van der Waals surface area contributed by atoms with Crippen LogP contribution in [0.2, 0.25) is 0 Å². The molecular weight excluding hydrogens is 292 g/mol. The summed E-state index contributed by atoms with van der Waals surface area (Å²) in [6.07, 6.45) is 0.341. The Morgan fingerprint density at radius 1 is 1.48 bits per heavy atom. The average molecular weight is 310 g/mol. The first-order valence-electron chi connectivity index (χ1n) is 6.51. The van der Waals surface area contributed by atoms with E-state index in [0.29, 0.717) is 28.9 Å². The second-order valence-electron chi connectivity index (χ2n) is 5.51. The van der Waals surface area contributed by atoms with Gasteiger partial charge in [0, 0.05) is 18.2 Å². The van der Waals surface area contributed by atoms with Crippen molar-refractivity contribution in [3.05, 3.63) is 11.8 Å². The zero-order chi connectivity index (χ0) is 15.5. The standard InChI is InChI=1S/C12H18N6O2S/c1-8-7-9(15-20-8)13-10(19)5-6-21-11-14-16-17-18(11)12(2,3)4/h7H,5-6H2,1-4H3,(H,13,15,19). The zero-order valence-electron chi connectivity index (χ0n) is 12.5. The van der Waals surface area contributed by atoms with Gasteiger partial charge in [-0.1, -0.05) is 16.9 Å². The molecule has 21 heavy (non-hydrogen) atoms. The Bertz CT molecular complexity index is 615. The molecule has 9 heteroatoms. The molecule has 2 aromatic heterocycles. The number of aromatic nitrogens is 5. The molecule has 8 nitrogen and oxygen atoms in total. The van der Waals surface area contributed by atoms with E-state index in [2.05, 4.69) is 26.0 Å². The molecular formula is C12H18N6O2S. The molecule has 2 aromatic rings. The Labute approximate surface area is 126 Å². The molecule has 0 saturated carbocycles. The lowest BCUT2D eigenvalue weighted by molar-refractivity contribution is -0.115. The summed E-state index contributed by atoms with van der Waals surface area (Å²) in [5.41, 5.74) is -0.188. The number of carbonyl (C=O) groups excluding carboxylic acids is 1. The fourth-order valence-corrected chi connectivity index (χ4v) is 2.55. The van der Waals surface area contributed by atoms with E-state index >= 15 is 0 Å². The van der Waals surface area contributed by atoms with Crippen LogP contribution in [-0.2, 0) is 10.3 Å². The quantitative estimate of drug-likeness (QED) is 0.841. The van der Waals surface area contributed by atoms with Crippen LogP contribution in [-0.4, -0.2) is 37.0 Å². The fraction of sp³-hybridized carbons (Fsp3) is 0.583. The van der Waals surface area contributed by atoms with Crippen molar-refractivity contribution in [2.24, 2.45) is 0 Å². The number of amides is 1. The minimum Gasteiger partial charge on any atom is -0.360 e. The van der Waals surface area contributed by atoms with Crippen LogP contribution in [0.4, 0.5) is 5.82 Å². The number of hydrogen-bond acceptors (Lipinski definition) is 7. The number of thioether (sulfide) groups is 1. The Balaban J connectivity index is 1.82. The molecule has 0 fully saturated rings. The van der Waals surface area contributed by atoms with Gasteiger partial charge in [0.1, 0.15) is 5.76 Å². The van der Waals surface area contributed by atoms with Crippen molar-refractivity contribution in [2.45, 2.75) is 44.8 Å². The number of nitrogens with one attached hydrogen (secondary N) is 1. The number of anilines is 1.